The fraction of sp³-hybridized carbons (Fsp3) is 0.444. The van der Waals surface area contributed by atoms with Gasteiger partial charge in [-0.3, -0.25) is 4.79 Å². The summed E-state index contributed by atoms with van der Waals surface area (Å²) in [4.78, 5) is 18.1. The zero-order valence-electron chi connectivity index (χ0n) is 14.1. The van der Waals surface area contributed by atoms with E-state index in [2.05, 4.69) is 11.9 Å². The van der Waals surface area contributed by atoms with E-state index in [9.17, 15) is 4.79 Å². The van der Waals surface area contributed by atoms with Crippen LogP contribution in [0.15, 0.2) is 39.7 Å². The van der Waals surface area contributed by atoms with Crippen LogP contribution in [0.4, 0.5) is 0 Å². The zero-order valence-corrected chi connectivity index (χ0v) is 15.7. The largest absolute Gasteiger partial charge is 0.378 e. The molecular formula is C18H21NO3S2. The molecule has 1 aromatic heterocycles. The third-order valence-corrected chi connectivity index (χ3v) is 6.58. The van der Waals surface area contributed by atoms with Crippen molar-refractivity contribution in [3.05, 3.63) is 40.9 Å². The van der Waals surface area contributed by atoms with Crippen LogP contribution < -0.4 is 0 Å². The van der Waals surface area contributed by atoms with E-state index in [0.717, 1.165) is 32.5 Å². The maximum atomic E-state index is 11.3. The summed E-state index contributed by atoms with van der Waals surface area (Å²) in [6.07, 6.45) is 3.82. The number of carbonyl (C=O) groups excluding carboxylic acids is 1. The highest BCUT2D eigenvalue weighted by Gasteiger charge is 2.39. The molecule has 1 aliphatic heterocycles. The van der Waals surface area contributed by atoms with Gasteiger partial charge in [0.2, 0.25) is 0 Å². The fourth-order valence-electron chi connectivity index (χ4n) is 2.93. The van der Waals surface area contributed by atoms with E-state index in [1.165, 1.54) is 0 Å². The predicted molar refractivity (Wildman–Crippen MR) is 96.0 cm³/mol. The van der Waals surface area contributed by atoms with Crippen LogP contribution in [0.1, 0.15) is 41.9 Å². The van der Waals surface area contributed by atoms with Crippen LogP contribution in [0.25, 0.3) is 0 Å². The molecular weight excluding hydrogens is 342 g/mol. The Hall–Kier alpha value is -1.21. The minimum absolute atomic E-state index is 0.0822. The monoisotopic (exact) mass is 363 g/mol. The first-order valence-electron chi connectivity index (χ1n) is 7.94. The number of thiazole rings is 1. The highest BCUT2D eigenvalue weighted by atomic mass is 32.2. The molecule has 6 heteroatoms. The van der Waals surface area contributed by atoms with Gasteiger partial charge >= 0.3 is 0 Å². The molecule has 1 aromatic carbocycles. The maximum absolute atomic E-state index is 11.3. The smallest absolute Gasteiger partial charge is 0.159 e. The van der Waals surface area contributed by atoms with Crippen LogP contribution in [0, 0.1) is 0 Å². The van der Waals surface area contributed by atoms with Crippen molar-refractivity contribution in [3.63, 3.8) is 0 Å². The number of nitrogens with zero attached hydrogens (tertiary/aromatic N) is 1. The van der Waals surface area contributed by atoms with Crippen LogP contribution in [-0.2, 0) is 15.1 Å². The van der Waals surface area contributed by atoms with E-state index >= 15 is 0 Å². The van der Waals surface area contributed by atoms with Crippen LogP contribution in [0.2, 0.25) is 0 Å². The molecule has 0 aliphatic carbocycles. The van der Waals surface area contributed by atoms with E-state index in [1.54, 1.807) is 37.1 Å². The first-order chi connectivity index (χ1) is 11.5. The van der Waals surface area contributed by atoms with Gasteiger partial charge in [0.1, 0.15) is 5.60 Å². The quantitative estimate of drug-likeness (QED) is 0.730. The Bertz CT molecular complexity index is 713. The fourth-order valence-corrected chi connectivity index (χ4v) is 5.09. The second kappa shape index (κ2) is 7.35. The molecule has 128 valence electrons. The molecule has 1 aliphatic rings. The van der Waals surface area contributed by atoms with Crippen LogP contribution >= 0.6 is 23.1 Å². The molecule has 0 N–H and O–H groups in total. The first kappa shape index (κ1) is 17.6. The Morgan fingerprint density at radius 3 is 2.79 bits per heavy atom. The minimum atomic E-state index is -0.285. The van der Waals surface area contributed by atoms with Crippen LogP contribution in [0.5, 0.6) is 0 Å². The molecule has 2 atom stereocenters. The van der Waals surface area contributed by atoms with Gasteiger partial charge in [-0.25, -0.2) is 4.98 Å². The number of methoxy groups -OCH3 is 1. The molecule has 4 nitrogen and oxygen atoms in total. The number of rotatable bonds is 5. The van der Waals surface area contributed by atoms with Gasteiger partial charge in [-0.15, -0.1) is 11.3 Å². The number of ketones is 1. The molecule has 1 fully saturated rings. The number of ether oxygens (including phenoxy) is 2. The minimum Gasteiger partial charge on any atom is -0.378 e. The van der Waals surface area contributed by atoms with Crippen molar-refractivity contribution in [1.29, 1.82) is 0 Å². The van der Waals surface area contributed by atoms with Crippen LogP contribution in [-0.4, -0.2) is 30.6 Å². The summed E-state index contributed by atoms with van der Waals surface area (Å²) >= 11 is 3.29. The zero-order chi connectivity index (χ0) is 17.2. The second-order valence-electron chi connectivity index (χ2n) is 6.01. The summed E-state index contributed by atoms with van der Waals surface area (Å²) in [7, 11) is 1.77. The van der Waals surface area contributed by atoms with Gasteiger partial charge in [-0.1, -0.05) is 23.9 Å². The molecule has 3 rings (SSSR count). The summed E-state index contributed by atoms with van der Waals surface area (Å²) < 4.78 is 12.5. The van der Waals surface area contributed by atoms with E-state index in [0.29, 0.717) is 6.61 Å². The molecule has 0 spiro atoms. The normalized spacial score (nSPS) is 24.0. The molecule has 0 bridgehead atoms. The lowest BCUT2D eigenvalue weighted by Gasteiger charge is -2.37. The number of Topliss-reactive ketones (excluding diaryl/α,β-unsaturated/α-hetero) is 1. The van der Waals surface area contributed by atoms with Crippen molar-refractivity contribution >= 4 is 28.9 Å². The molecule has 1 saturated heterocycles. The lowest BCUT2D eigenvalue weighted by Crippen LogP contribution is -2.38. The average Bonchev–Trinajstić information content (AvgIpc) is 3.04. The molecule has 0 amide bonds. The van der Waals surface area contributed by atoms with Crippen molar-refractivity contribution < 1.29 is 14.3 Å². The number of benzene rings is 1. The Labute approximate surface area is 150 Å². The number of aromatic nitrogens is 1. The highest BCUT2D eigenvalue weighted by Crippen LogP contribution is 2.43. The van der Waals surface area contributed by atoms with E-state index in [-0.39, 0.29) is 17.5 Å². The number of hydrogen-bond acceptors (Lipinski definition) is 6. The Kier molecular flexibility index (Phi) is 5.39. The van der Waals surface area contributed by atoms with Gasteiger partial charge in [0.15, 0.2) is 10.1 Å². The van der Waals surface area contributed by atoms with Crippen molar-refractivity contribution in [2.45, 2.75) is 47.6 Å². The Morgan fingerprint density at radius 2 is 2.17 bits per heavy atom. The lowest BCUT2D eigenvalue weighted by atomic mass is 9.89. The summed E-state index contributed by atoms with van der Waals surface area (Å²) in [5.41, 5.74) is 0.445. The number of hydrogen-bond donors (Lipinski definition) is 0. The third-order valence-electron chi connectivity index (χ3n) is 4.32. The molecule has 2 aromatic rings. The van der Waals surface area contributed by atoms with E-state index < -0.39 is 0 Å². The van der Waals surface area contributed by atoms with Gasteiger partial charge < -0.3 is 9.47 Å². The highest BCUT2D eigenvalue weighted by molar-refractivity contribution is 8.01. The Balaban J connectivity index is 1.76. The first-order valence-corrected chi connectivity index (χ1v) is 9.57. The SMILES string of the molecule is COC1(c2cnc(Sc3ccc(C(C)=O)cc3)s2)CCOC(C)C1. The van der Waals surface area contributed by atoms with Gasteiger partial charge in [0, 0.05) is 36.6 Å². The molecule has 24 heavy (non-hydrogen) atoms. The van der Waals surface area contributed by atoms with Gasteiger partial charge in [0.05, 0.1) is 17.6 Å². The van der Waals surface area contributed by atoms with Gasteiger partial charge in [-0.2, -0.15) is 0 Å². The summed E-state index contributed by atoms with van der Waals surface area (Å²) in [5.74, 6) is 0.0822. The molecule has 0 saturated carbocycles. The van der Waals surface area contributed by atoms with Crippen molar-refractivity contribution in [2.24, 2.45) is 0 Å². The van der Waals surface area contributed by atoms with E-state index in [4.69, 9.17) is 9.47 Å². The average molecular weight is 364 g/mol. The van der Waals surface area contributed by atoms with E-state index in [1.807, 2.05) is 30.5 Å². The predicted octanol–water partition coefficient (Wildman–Crippen LogP) is 4.54. The van der Waals surface area contributed by atoms with Crippen molar-refractivity contribution in [3.8, 4) is 0 Å². The van der Waals surface area contributed by atoms with Crippen LogP contribution in [0.3, 0.4) is 0 Å². The maximum Gasteiger partial charge on any atom is 0.159 e. The van der Waals surface area contributed by atoms with Gasteiger partial charge in [-0.05, 0) is 26.0 Å². The molecule has 2 heterocycles. The van der Waals surface area contributed by atoms with Crippen molar-refractivity contribution in [1.82, 2.24) is 4.98 Å². The third kappa shape index (κ3) is 3.72. The van der Waals surface area contributed by atoms with Gasteiger partial charge in [0.25, 0.3) is 0 Å². The lowest BCUT2D eigenvalue weighted by molar-refractivity contribution is -0.120. The summed E-state index contributed by atoms with van der Waals surface area (Å²) in [6.45, 7) is 4.37. The number of carbonyl (C=O) groups is 1. The standard InChI is InChI=1S/C18H21NO3S2/c1-12-10-18(21-3,8-9-22-12)16-11-19-17(24-16)23-15-6-4-14(5-7-15)13(2)20/h4-7,11-12H,8-10H2,1-3H3. The summed E-state index contributed by atoms with van der Waals surface area (Å²) in [6, 6.07) is 7.64. The molecule has 0 radical (unpaired) electrons. The molecule has 2 unspecified atom stereocenters. The summed E-state index contributed by atoms with van der Waals surface area (Å²) in [5, 5.41) is 0. The topological polar surface area (TPSA) is 48.4 Å². The second-order valence-corrected chi connectivity index (χ2v) is 8.36. The Morgan fingerprint density at radius 1 is 1.42 bits per heavy atom. The van der Waals surface area contributed by atoms with Crippen molar-refractivity contribution in [2.75, 3.05) is 13.7 Å².